The monoisotopic (exact) mass is 651 g/mol. The largest absolute Gasteiger partial charge is 0.305 e. The smallest absolute Gasteiger partial charge is 0.0160 e. The van der Waals surface area contributed by atoms with Crippen molar-refractivity contribution in [2.45, 2.75) is 0 Å². The molecule has 0 aliphatic heterocycles. The van der Waals surface area contributed by atoms with Crippen molar-refractivity contribution < 1.29 is 20.1 Å². The molecular formula is C35H24IrN-. The minimum absolute atomic E-state index is 0. The van der Waals surface area contributed by atoms with Crippen LogP contribution in [-0.2, 0) is 20.1 Å². The summed E-state index contributed by atoms with van der Waals surface area (Å²) in [6, 6.07) is 52.3. The number of pyridine rings is 1. The fourth-order valence-electron chi connectivity index (χ4n) is 4.58. The van der Waals surface area contributed by atoms with Gasteiger partial charge in [0.2, 0.25) is 0 Å². The summed E-state index contributed by atoms with van der Waals surface area (Å²) in [6.45, 7) is 0. The maximum Gasteiger partial charge on any atom is 0.0160 e. The molecule has 0 spiro atoms. The molecule has 0 aliphatic rings. The Morgan fingerprint density at radius 1 is 0.405 bits per heavy atom. The van der Waals surface area contributed by atoms with E-state index in [4.69, 9.17) is 0 Å². The van der Waals surface area contributed by atoms with Crippen LogP contribution >= 0.6 is 0 Å². The van der Waals surface area contributed by atoms with Crippen LogP contribution in [0.15, 0.2) is 146 Å². The third-order valence-electron chi connectivity index (χ3n) is 6.44. The van der Waals surface area contributed by atoms with Gasteiger partial charge in [-0.15, -0.1) is 35.4 Å². The van der Waals surface area contributed by atoms with Crippen molar-refractivity contribution in [2.75, 3.05) is 0 Å². The van der Waals surface area contributed by atoms with Crippen LogP contribution < -0.4 is 0 Å². The Labute approximate surface area is 231 Å². The van der Waals surface area contributed by atoms with Gasteiger partial charge in [-0.2, -0.15) is 0 Å². The molecule has 0 saturated carbocycles. The minimum Gasteiger partial charge on any atom is -0.305 e. The molecule has 0 unspecified atom stereocenters. The molecule has 5 aromatic carbocycles. The van der Waals surface area contributed by atoms with Gasteiger partial charge in [0, 0.05) is 26.3 Å². The molecular weight excluding hydrogens is 627 g/mol. The van der Waals surface area contributed by atoms with Gasteiger partial charge in [0.15, 0.2) is 0 Å². The maximum atomic E-state index is 4.48. The fraction of sp³-hybridized carbons (Fsp3) is 0. The molecule has 0 N–H and O–H groups in total. The molecule has 37 heavy (non-hydrogen) atoms. The fourth-order valence-corrected chi connectivity index (χ4v) is 4.58. The third-order valence-corrected chi connectivity index (χ3v) is 6.44. The molecule has 1 nitrogen and oxygen atoms in total. The Hall–Kier alpha value is -4.10. The summed E-state index contributed by atoms with van der Waals surface area (Å²) in [5.74, 6) is 0. The minimum atomic E-state index is 0. The SMILES string of the molecule is [Ir].[c-]1ccc(-c2cccc(-c3cccc(-c4cccc(-c5ccccc5)c4)c3)c2)cc1-c1ccccn1. The van der Waals surface area contributed by atoms with Crippen LogP contribution in [0.25, 0.3) is 55.8 Å². The standard InChI is InChI=1S/C35H24N.Ir/c1-2-10-26(11-3-1)27-12-6-13-28(22-27)29-14-7-15-30(23-29)31-16-8-17-32(24-31)33-18-9-19-34(25-33)35-20-4-5-21-36-35;/h1-18,20-25H;/q-1;. The van der Waals surface area contributed by atoms with Crippen molar-refractivity contribution >= 4 is 0 Å². The molecule has 0 aliphatic carbocycles. The van der Waals surface area contributed by atoms with Crippen LogP contribution in [0.3, 0.4) is 0 Å². The molecule has 0 fully saturated rings. The molecule has 0 amide bonds. The van der Waals surface area contributed by atoms with Crippen LogP contribution in [0.1, 0.15) is 0 Å². The van der Waals surface area contributed by atoms with Gasteiger partial charge in [0.1, 0.15) is 0 Å². The Morgan fingerprint density at radius 2 is 0.865 bits per heavy atom. The van der Waals surface area contributed by atoms with Gasteiger partial charge in [0.25, 0.3) is 0 Å². The average Bonchev–Trinajstić information content (AvgIpc) is 2.98. The van der Waals surface area contributed by atoms with Crippen molar-refractivity contribution in [3.8, 4) is 55.8 Å². The van der Waals surface area contributed by atoms with Crippen LogP contribution in [0.2, 0.25) is 0 Å². The first-order chi connectivity index (χ1) is 17.8. The number of aromatic nitrogens is 1. The van der Waals surface area contributed by atoms with Gasteiger partial charge in [-0.3, -0.25) is 0 Å². The van der Waals surface area contributed by atoms with Gasteiger partial charge in [0.05, 0.1) is 0 Å². The van der Waals surface area contributed by atoms with E-state index in [2.05, 4.69) is 126 Å². The van der Waals surface area contributed by atoms with E-state index in [1.165, 1.54) is 38.9 Å². The molecule has 2 heteroatoms. The van der Waals surface area contributed by atoms with Gasteiger partial charge < -0.3 is 4.98 Å². The van der Waals surface area contributed by atoms with E-state index in [9.17, 15) is 0 Å². The summed E-state index contributed by atoms with van der Waals surface area (Å²) >= 11 is 0. The van der Waals surface area contributed by atoms with E-state index < -0.39 is 0 Å². The summed E-state index contributed by atoms with van der Waals surface area (Å²) < 4.78 is 0. The van der Waals surface area contributed by atoms with Crippen LogP contribution in [0.4, 0.5) is 0 Å². The van der Waals surface area contributed by atoms with Crippen molar-refractivity contribution in [3.63, 3.8) is 0 Å². The van der Waals surface area contributed by atoms with Gasteiger partial charge in [-0.05, 0) is 68.9 Å². The summed E-state index contributed by atoms with van der Waals surface area (Å²) in [6.07, 6.45) is 1.82. The number of nitrogens with zero attached hydrogens (tertiary/aromatic N) is 1. The zero-order valence-electron chi connectivity index (χ0n) is 20.1. The zero-order valence-corrected chi connectivity index (χ0v) is 22.5. The summed E-state index contributed by atoms with van der Waals surface area (Å²) in [4.78, 5) is 4.48. The zero-order chi connectivity index (χ0) is 24.2. The quantitative estimate of drug-likeness (QED) is 0.170. The van der Waals surface area contributed by atoms with E-state index in [-0.39, 0.29) is 20.1 Å². The molecule has 0 saturated heterocycles. The Morgan fingerprint density at radius 3 is 1.38 bits per heavy atom. The van der Waals surface area contributed by atoms with Crippen molar-refractivity contribution in [3.05, 3.63) is 152 Å². The Bertz CT molecular complexity index is 1500. The molecule has 0 bridgehead atoms. The summed E-state index contributed by atoms with van der Waals surface area (Å²) in [5.41, 5.74) is 11.5. The van der Waals surface area contributed by atoms with Crippen LogP contribution in [-0.4, -0.2) is 4.98 Å². The van der Waals surface area contributed by atoms with Crippen molar-refractivity contribution in [2.24, 2.45) is 0 Å². The maximum absolute atomic E-state index is 4.48. The molecule has 0 atom stereocenters. The first kappa shape index (κ1) is 24.6. The molecule has 1 radical (unpaired) electrons. The van der Waals surface area contributed by atoms with E-state index >= 15 is 0 Å². The van der Waals surface area contributed by atoms with E-state index in [0.717, 1.165) is 16.8 Å². The van der Waals surface area contributed by atoms with Crippen molar-refractivity contribution in [1.82, 2.24) is 4.98 Å². The number of benzene rings is 5. The van der Waals surface area contributed by atoms with Crippen LogP contribution in [0.5, 0.6) is 0 Å². The second-order valence-electron chi connectivity index (χ2n) is 8.81. The topological polar surface area (TPSA) is 12.9 Å². The predicted molar refractivity (Wildman–Crippen MR) is 150 cm³/mol. The Kier molecular flexibility index (Phi) is 7.51. The summed E-state index contributed by atoms with van der Waals surface area (Å²) in [7, 11) is 0. The second kappa shape index (κ2) is 11.3. The number of hydrogen-bond acceptors (Lipinski definition) is 1. The first-order valence-electron chi connectivity index (χ1n) is 12.1. The molecule has 6 rings (SSSR count). The molecule has 6 aromatic rings. The second-order valence-corrected chi connectivity index (χ2v) is 8.81. The van der Waals surface area contributed by atoms with E-state index in [1.807, 2.05) is 30.5 Å². The molecule has 1 aromatic heterocycles. The van der Waals surface area contributed by atoms with E-state index in [1.54, 1.807) is 0 Å². The van der Waals surface area contributed by atoms with E-state index in [0.29, 0.717) is 0 Å². The molecule has 1 heterocycles. The number of hydrogen-bond donors (Lipinski definition) is 0. The van der Waals surface area contributed by atoms with Gasteiger partial charge >= 0.3 is 0 Å². The average molecular weight is 651 g/mol. The Balaban J connectivity index is 0.00000280. The molecule has 179 valence electrons. The van der Waals surface area contributed by atoms with Gasteiger partial charge in [-0.1, -0.05) is 97.1 Å². The summed E-state index contributed by atoms with van der Waals surface area (Å²) in [5, 5.41) is 0. The van der Waals surface area contributed by atoms with Gasteiger partial charge in [-0.25, -0.2) is 0 Å². The van der Waals surface area contributed by atoms with Crippen molar-refractivity contribution in [1.29, 1.82) is 0 Å². The predicted octanol–water partition coefficient (Wildman–Crippen LogP) is 9.21. The van der Waals surface area contributed by atoms with Crippen LogP contribution in [0, 0.1) is 6.07 Å². The first-order valence-corrected chi connectivity index (χ1v) is 12.1. The number of rotatable bonds is 5. The third kappa shape index (κ3) is 5.52. The normalized spacial score (nSPS) is 10.5.